The fraction of sp³-hybridized carbons (Fsp3) is 0.727. The maximum Gasteiger partial charge on any atom is 0.312 e. The summed E-state index contributed by atoms with van der Waals surface area (Å²) in [5.74, 6) is -0.293. The summed E-state index contributed by atoms with van der Waals surface area (Å²) in [5.41, 5.74) is 0.666. The smallest absolute Gasteiger partial charge is 0.312 e. The van der Waals surface area contributed by atoms with Gasteiger partial charge in [0.15, 0.2) is 0 Å². The molecule has 2 fully saturated rings. The average Bonchev–Trinajstić information content (AvgIpc) is 2.96. The van der Waals surface area contributed by atoms with E-state index in [1.807, 2.05) is 0 Å². The van der Waals surface area contributed by atoms with Gasteiger partial charge < -0.3 is 9.84 Å². The summed E-state index contributed by atoms with van der Waals surface area (Å²) in [6.45, 7) is 0.559. The molecular weight excluding hydrogens is 216 g/mol. The molecule has 0 bridgehead atoms. The number of carbonyl (C=O) groups is 1. The number of ether oxygens (including phenoxy) is 1. The Morgan fingerprint density at radius 3 is 2.87 bits per heavy atom. The van der Waals surface area contributed by atoms with E-state index >= 15 is 0 Å². The molecule has 2 unspecified atom stereocenters. The van der Waals surface area contributed by atoms with Gasteiger partial charge in [-0.25, -0.2) is 0 Å². The maximum atomic E-state index is 11.4. The Bertz CT molecular complexity index is 286. The van der Waals surface area contributed by atoms with Crippen molar-refractivity contribution >= 4 is 17.6 Å². The molecule has 0 radical (unpaired) electrons. The number of rotatable bonds is 4. The normalized spacial score (nSPS) is 36.2. The number of carboxylic acid groups (broad SMARTS) is 1. The van der Waals surface area contributed by atoms with E-state index in [1.165, 1.54) is 5.54 Å². The Hall–Kier alpha value is -0.540. The maximum absolute atomic E-state index is 11.4. The number of hydrogen-bond donors (Lipinski definition) is 1. The number of aliphatic carboxylic acids is 1. The van der Waals surface area contributed by atoms with Gasteiger partial charge in [-0.15, -0.1) is 0 Å². The van der Waals surface area contributed by atoms with E-state index in [2.05, 4.69) is 0 Å². The average molecular weight is 231 g/mol. The van der Waals surface area contributed by atoms with Crippen LogP contribution in [0.4, 0.5) is 0 Å². The topological polar surface area (TPSA) is 46.5 Å². The number of carboxylic acids is 1. The van der Waals surface area contributed by atoms with Gasteiger partial charge >= 0.3 is 5.97 Å². The third kappa shape index (κ3) is 1.91. The molecule has 0 aromatic rings. The molecule has 1 aliphatic carbocycles. The third-order valence-corrected chi connectivity index (χ3v) is 3.62. The molecule has 0 aromatic carbocycles. The molecule has 0 spiro atoms. The molecule has 1 aliphatic heterocycles. The Balaban J connectivity index is 2.18. The van der Waals surface area contributed by atoms with Crippen LogP contribution in [0.1, 0.15) is 25.7 Å². The first-order valence-electron chi connectivity index (χ1n) is 5.31. The van der Waals surface area contributed by atoms with Crippen molar-refractivity contribution in [3.05, 3.63) is 11.6 Å². The second kappa shape index (κ2) is 4.14. The van der Waals surface area contributed by atoms with Gasteiger partial charge in [0.2, 0.25) is 0 Å². The zero-order chi connectivity index (χ0) is 10.9. The van der Waals surface area contributed by atoms with Crippen molar-refractivity contribution in [3.63, 3.8) is 0 Å². The molecule has 0 aromatic heterocycles. The van der Waals surface area contributed by atoms with Crippen LogP contribution in [0, 0.1) is 11.3 Å². The first-order chi connectivity index (χ1) is 7.20. The van der Waals surface area contributed by atoms with Crippen molar-refractivity contribution in [2.24, 2.45) is 11.3 Å². The molecule has 15 heavy (non-hydrogen) atoms. The highest BCUT2D eigenvalue weighted by Crippen LogP contribution is 2.50. The SMILES string of the molecule is O=C(O)C1(C/C=C/Cl)CCOC1C1CC1. The summed E-state index contributed by atoms with van der Waals surface area (Å²) in [5, 5.41) is 9.38. The van der Waals surface area contributed by atoms with Crippen LogP contribution in [0.3, 0.4) is 0 Å². The Labute approximate surface area is 94.1 Å². The lowest BCUT2D eigenvalue weighted by Gasteiger charge is -2.28. The fourth-order valence-corrected chi connectivity index (χ4v) is 2.53. The fourth-order valence-electron chi connectivity index (χ4n) is 2.45. The summed E-state index contributed by atoms with van der Waals surface area (Å²) in [6, 6.07) is 0. The minimum Gasteiger partial charge on any atom is -0.481 e. The van der Waals surface area contributed by atoms with Crippen LogP contribution in [0.15, 0.2) is 11.6 Å². The summed E-state index contributed by atoms with van der Waals surface area (Å²) >= 11 is 5.48. The van der Waals surface area contributed by atoms with Crippen molar-refractivity contribution in [2.75, 3.05) is 6.61 Å². The van der Waals surface area contributed by atoms with E-state index in [-0.39, 0.29) is 6.10 Å². The van der Waals surface area contributed by atoms with E-state index in [4.69, 9.17) is 16.3 Å². The number of halogens is 1. The summed E-state index contributed by atoms with van der Waals surface area (Å²) in [6.07, 6.45) is 4.90. The standard InChI is InChI=1S/C11H15ClO3/c12-6-1-4-11(10(13)14)5-7-15-9(11)8-2-3-8/h1,6,8-9H,2-5,7H2,(H,13,14)/b6-1+. The number of allylic oxidation sites excluding steroid dienone is 1. The molecule has 1 saturated carbocycles. The minimum atomic E-state index is -0.744. The van der Waals surface area contributed by atoms with Crippen LogP contribution in [0.5, 0.6) is 0 Å². The van der Waals surface area contributed by atoms with Crippen molar-refractivity contribution < 1.29 is 14.6 Å². The van der Waals surface area contributed by atoms with Crippen LogP contribution in [0.2, 0.25) is 0 Å². The van der Waals surface area contributed by atoms with Gasteiger partial charge in [-0.3, -0.25) is 4.79 Å². The monoisotopic (exact) mass is 230 g/mol. The molecule has 2 rings (SSSR count). The zero-order valence-corrected chi connectivity index (χ0v) is 9.24. The second-order valence-corrected chi connectivity index (χ2v) is 4.66. The molecule has 84 valence electrons. The highest BCUT2D eigenvalue weighted by molar-refractivity contribution is 6.25. The molecule has 2 atom stereocenters. The largest absolute Gasteiger partial charge is 0.481 e. The summed E-state index contributed by atoms with van der Waals surface area (Å²) < 4.78 is 5.59. The molecular formula is C11H15ClO3. The van der Waals surface area contributed by atoms with Gasteiger partial charge in [-0.1, -0.05) is 17.7 Å². The molecule has 1 heterocycles. The lowest BCUT2D eigenvalue weighted by molar-refractivity contribution is -0.153. The van der Waals surface area contributed by atoms with Crippen molar-refractivity contribution in [3.8, 4) is 0 Å². The van der Waals surface area contributed by atoms with E-state index < -0.39 is 11.4 Å². The lowest BCUT2D eigenvalue weighted by Crippen LogP contribution is -2.39. The molecule has 0 amide bonds. The van der Waals surface area contributed by atoms with Crippen LogP contribution in [-0.2, 0) is 9.53 Å². The Morgan fingerprint density at radius 2 is 2.33 bits per heavy atom. The minimum absolute atomic E-state index is 0.108. The Kier molecular flexibility index (Phi) is 3.03. The quantitative estimate of drug-likeness (QED) is 0.807. The number of hydrogen-bond acceptors (Lipinski definition) is 2. The molecule has 2 aliphatic rings. The molecule has 1 saturated heterocycles. The second-order valence-electron chi connectivity index (χ2n) is 4.41. The van der Waals surface area contributed by atoms with Crippen LogP contribution in [0.25, 0.3) is 0 Å². The van der Waals surface area contributed by atoms with Crippen molar-refractivity contribution in [2.45, 2.75) is 31.8 Å². The summed E-state index contributed by atoms with van der Waals surface area (Å²) in [4.78, 5) is 11.4. The van der Waals surface area contributed by atoms with E-state index in [1.54, 1.807) is 6.08 Å². The summed E-state index contributed by atoms with van der Waals surface area (Å²) in [7, 11) is 0. The van der Waals surface area contributed by atoms with Crippen molar-refractivity contribution in [1.29, 1.82) is 0 Å². The zero-order valence-electron chi connectivity index (χ0n) is 8.49. The highest BCUT2D eigenvalue weighted by Gasteiger charge is 2.55. The van der Waals surface area contributed by atoms with Crippen LogP contribution in [-0.4, -0.2) is 23.8 Å². The molecule has 3 nitrogen and oxygen atoms in total. The van der Waals surface area contributed by atoms with Crippen LogP contribution >= 0.6 is 11.6 Å². The van der Waals surface area contributed by atoms with Gasteiger partial charge in [-0.05, 0) is 31.6 Å². The Morgan fingerprint density at radius 1 is 1.60 bits per heavy atom. The highest BCUT2D eigenvalue weighted by atomic mass is 35.5. The van der Waals surface area contributed by atoms with Gasteiger partial charge in [0.25, 0.3) is 0 Å². The third-order valence-electron chi connectivity index (χ3n) is 3.44. The predicted molar refractivity (Wildman–Crippen MR) is 56.8 cm³/mol. The van der Waals surface area contributed by atoms with E-state index in [0.29, 0.717) is 25.4 Å². The molecule has 4 heteroatoms. The van der Waals surface area contributed by atoms with Gasteiger partial charge in [0.1, 0.15) is 0 Å². The predicted octanol–water partition coefficient (Wildman–Crippen LogP) is 2.40. The first-order valence-corrected chi connectivity index (χ1v) is 5.74. The van der Waals surface area contributed by atoms with Gasteiger partial charge in [0, 0.05) is 12.1 Å². The van der Waals surface area contributed by atoms with Crippen molar-refractivity contribution in [1.82, 2.24) is 0 Å². The first kappa shape index (κ1) is 11.0. The van der Waals surface area contributed by atoms with Gasteiger partial charge in [-0.2, -0.15) is 0 Å². The van der Waals surface area contributed by atoms with Crippen LogP contribution < -0.4 is 0 Å². The van der Waals surface area contributed by atoms with E-state index in [0.717, 1.165) is 12.8 Å². The molecule has 1 N–H and O–H groups in total. The van der Waals surface area contributed by atoms with E-state index in [9.17, 15) is 9.90 Å². The lowest BCUT2D eigenvalue weighted by atomic mass is 9.76. The van der Waals surface area contributed by atoms with Gasteiger partial charge in [0.05, 0.1) is 11.5 Å².